The summed E-state index contributed by atoms with van der Waals surface area (Å²) in [5, 5.41) is 10.6. The molecule has 3 nitrogen and oxygen atoms in total. The number of nitrogens with zero attached hydrogens (tertiary/aromatic N) is 1. The number of β-amino-alcohol motifs (C(OH)–C–C–N with tert-alkyl or cyclic N) is 1. The molecular formula is C19H26BFINO2. The zero-order valence-electron chi connectivity index (χ0n) is 15.0. The normalized spacial score (nSPS) is 32.2. The Morgan fingerprint density at radius 2 is 1.96 bits per heavy atom. The fourth-order valence-corrected chi connectivity index (χ4v) is 4.22. The number of alkyl halides is 2. The van der Waals surface area contributed by atoms with E-state index in [0.29, 0.717) is 19.4 Å². The lowest BCUT2D eigenvalue weighted by molar-refractivity contribution is -0.00689. The molecule has 1 saturated carbocycles. The molecule has 3 rings (SSSR count). The molecule has 1 aliphatic carbocycles. The van der Waals surface area contributed by atoms with Gasteiger partial charge in [0.05, 0.1) is 19.2 Å². The van der Waals surface area contributed by atoms with Crippen molar-refractivity contribution in [1.29, 1.82) is 0 Å². The molecule has 1 N–H and O–H groups in total. The number of hydrogen-bond acceptors (Lipinski definition) is 3. The van der Waals surface area contributed by atoms with Crippen molar-refractivity contribution in [3.63, 3.8) is 0 Å². The van der Waals surface area contributed by atoms with Crippen molar-refractivity contribution in [3.8, 4) is 0 Å². The molecule has 1 aromatic carbocycles. The molecule has 2 aliphatic rings. The van der Waals surface area contributed by atoms with Crippen molar-refractivity contribution in [2.24, 2.45) is 0 Å². The van der Waals surface area contributed by atoms with Crippen molar-refractivity contribution in [3.05, 3.63) is 41.8 Å². The second kappa shape index (κ2) is 7.47. The first kappa shape index (κ1) is 19.0. The molecule has 2 fully saturated rings. The topological polar surface area (TPSA) is 32.7 Å². The molecule has 1 spiro atoms. The largest absolute Gasteiger partial charge is 0.471 e. The number of halogens is 2. The van der Waals surface area contributed by atoms with Gasteiger partial charge in [0.25, 0.3) is 0 Å². The van der Waals surface area contributed by atoms with E-state index in [1.54, 1.807) is 0 Å². The average molecular weight is 457 g/mol. The van der Waals surface area contributed by atoms with Crippen LogP contribution in [0.15, 0.2) is 36.2 Å². The molecule has 1 atom stereocenters. The molecule has 0 radical (unpaired) electrons. The van der Waals surface area contributed by atoms with Crippen molar-refractivity contribution in [1.82, 2.24) is 4.90 Å². The van der Waals surface area contributed by atoms with Gasteiger partial charge in [-0.1, -0.05) is 36.7 Å². The van der Waals surface area contributed by atoms with Gasteiger partial charge in [-0.2, -0.15) is 0 Å². The lowest BCUT2D eigenvalue weighted by Gasteiger charge is -2.36. The lowest BCUT2D eigenvalue weighted by atomic mass is 9.84. The van der Waals surface area contributed by atoms with Gasteiger partial charge in [-0.3, -0.25) is 0 Å². The van der Waals surface area contributed by atoms with Gasteiger partial charge in [0.15, 0.2) is 9.56 Å². The second-order valence-electron chi connectivity index (χ2n) is 7.40. The van der Waals surface area contributed by atoms with Gasteiger partial charge >= 0.3 is 0 Å². The molecule has 1 aromatic rings. The fraction of sp³-hybridized carbons (Fsp3) is 0.579. The minimum absolute atomic E-state index is 0.297. The zero-order chi connectivity index (χ0) is 18.1. The lowest BCUT2D eigenvalue weighted by Crippen LogP contribution is -2.41. The summed E-state index contributed by atoms with van der Waals surface area (Å²) in [6.45, 7) is 3.31. The fourth-order valence-electron chi connectivity index (χ4n) is 3.68. The van der Waals surface area contributed by atoms with E-state index in [1.807, 2.05) is 54.7 Å². The van der Waals surface area contributed by atoms with Gasteiger partial charge in [0.2, 0.25) is 0 Å². The number of ether oxygens (including phenoxy) is 1. The molecule has 0 amide bonds. The summed E-state index contributed by atoms with van der Waals surface area (Å²) in [6, 6.07) is 7.99. The van der Waals surface area contributed by atoms with Crippen molar-refractivity contribution in [2.75, 3.05) is 13.1 Å². The van der Waals surface area contributed by atoms with Crippen LogP contribution in [0.1, 0.15) is 50.7 Å². The molecular weight excluding hydrogens is 431 g/mol. The van der Waals surface area contributed by atoms with E-state index in [4.69, 9.17) is 4.74 Å². The van der Waals surface area contributed by atoms with Gasteiger partial charge < -0.3 is 14.7 Å². The second-order valence-corrected chi connectivity index (χ2v) is 9.33. The summed E-state index contributed by atoms with van der Waals surface area (Å²) >= 11 is 1.93. The monoisotopic (exact) mass is 457 g/mol. The molecule has 6 heteroatoms. The number of aliphatic hydroxyl groups is 1. The highest BCUT2D eigenvalue weighted by Gasteiger charge is 2.48. The Hall–Kier alpha value is -0.755. The predicted molar refractivity (Wildman–Crippen MR) is 110 cm³/mol. The van der Waals surface area contributed by atoms with Crippen molar-refractivity contribution in [2.45, 2.75) is 54.4 Å². The van der Waals surface area contributed by atoms with Crippen LogP contribution in [0, 0.1) is 0 Å². The van der Waals surface area contributed by atoms with E-state index in [1.165, 1.54) is 5.46 Å². The third kappa shape index (κ3) is 4.51. The summed E-state index contributed by atoms with van der Waals surface area (Å²) in [4.78, 5) is 2.13. The smallest absolute Gasteiger partial charge is 0.186 e. The number of allylic oxidation sites excluding steroid dienone is 1. The summed E-state index contributed by atoms with van der Waals surface area (Å²) in [5.74, 6) is 0.841. The summed E-state index contributed by atoms with van der Waals surface area (Å²) in [7, 11) is 2.04. The van der Waals surface area contributed by atoms with E-state index in [-0.39, 0.29) is 5.60 Å². The van der Waals surface area contributed by atoms with Gasteiger partial charge in [0.1, 0.15) is 13.4 Å². The first-order valence-electron chi connectivity index (χ1n) is 9.09. The van der Waals surface area contributed by atoms with Crippen LogP contribution in [0.2, 0.25) is 0 Å². The minimum Gasteiger partial charge on any atom is -0.471 e. The van der Waals surface area contributed by atoms with Gasteiger partial charge in [0, 0.05) is 0 Å². The first-order chi connectivity index (χ1) is 11.8. The van der Waals surface area contributed by atoms with Crippen LogP contribution in [-0.4, -0.2) is 40.2 Å². The molecule has 1 unspecified atom stereocenters. The van der Waals surface area contributed by atoms with Crippen LogP contribution in [-0.2, 0) is 4.74 Å². The SMILES string of the molecule is Bc1ccc(C(O)CN2CC3(CCC(F)(I)CC3)OC2=CCC)cc1. The Balaban J connectivity index is 1.71. The summed E-state index contributed by atoms with van der Waals surface area (Å²) < 4.78 is 19.4. The maximum atomic E-state index is 14.2. The van der Waals surface area contributed by atoms with Crippen molar-refractivity contribution < 1.29 is 14.2 Å². The van der Waals surface area contributed by atoms with E-state index in [2.05, 4.69) is 17.9 Å². The highest BCUT2D eigenvalue weighted by molar-refractivity contribution is 14.1. The van der Waals surface area contributed by atoms with Gasteiger partial charge in [-0.15, -0.1) is 0 Å². The van der Waals surface area contributed by atoms with Gasteiger partial charge in [-0.05, 0) is 66.3 Å². The molecule has 136 valence electrons. The first-order valence-corrected chi connectivity index (χ1v) is 10.2. The minimum atomic E-state index is -1.10. The summed E-state index contributed by atoms with van der Waals surface area (Å²) in [5.41, 5.74) is 1.80. The van der Waals surface area contributed by atoms with E-state index in [0.717, 1.165) is 37.3 Å². The van der Waals surface area contributed by atoms with Crippen LogP contribution < -0.4 is 5.46 Å². The van der Waals surface area contributed by atoms with Crippen LogP contribution in [0.4, 0.5) is 4.39 Å². The standard InChI is InChI=1S/C19H26BFINO2/c1-2-3-17-23(12-16(24)14-4-6-15(20)7-5-14)13-18(25-17)8-10-19(21,22)11-9-18/h3-7,16,24H,2,8-13,20H2,1H3. The van der Waals surface area contributed by atoms with E-state index >= 15 is 0 Å². The van der Waals surface area contributed by atoms with E-state index in [9.17, 15) is 9.50 Å². The molecule has 1 heterocycles. The molecule has 25 heavy (non-hydrogen) atoms. The number of hydrogen-bond donors (Lipinski definition) is 1. The van der Waals surface area contributed by atoms with Crippen LogP contribution in [0.3, 0.4) is 0 Å². The number of benzene rings is 1. The third-order valence-electron chi connectivity index (χ3n) is 5.24. The predicted octanol–water partition coefficient (Wildman–Crippen LogP) is 2.98. The maximum absolute atomic E-state index is 14.2. The maximum Gasteiger partial charge on any atom is 0.186 e. The highest BCUT2D eigenvalue weighted by atomic mass is 127. The Labute approximate surface area is 164 Å². The molecule has 0 bridgehead atoms. The molecule has 1 aliphatic heterocycles. The van der Waals surface area contributed by atoms with Gasteiger partial charge in [-0.25, -0.2) is 4.39 Å². The Bertz CT molecular complexity index is 625. The van der Waals surface area contributed by atoms with Crippen LogP contribution in [0.5, 0.6) is 0 Å². The van der Waals surface area contributed by atoms with Crippen LogP contribution in [0.25, 0.3) is 0 Å². The zero-order valence-corrected chi connectivity index (χ0v) is 17.1. The number of aliphatic hydroxyl groups excluding tert-OH is 1. The Morgan fingerprint density at radius 3 is 2.56 bits per heavy atom. The Kier molecular flexibility index (Phi) is 5.68. The highest BCUT2D eigenvalue weighted by Crippen LogP contribution is 2.47. The Morgan fingerprint density at radius 1 is 1.32 bits per heavy atom. The third-order valence-corrected chi connectivity index (χ3v) is 6.32. The van der Waals surface area contributed by atoms with E-state index < -0.39 is 9.78 Å². The average Bonchev–Trinajstić information content (AvgIpc) is 2.89. The van der Waals surface area contributed by atoms with Crippen LogP contribution >= 0.6 is 22.6 Å². The molecule has 1 saturated heterocycles. The number of rotatable bonds is 4. The molecule has 0 aromatic heterocycles. The summed E-state index contributed by atoms with van der Waals surface area (Å²) in [6.07, 6.45) is 4.89. The van der Waals surface area contributed by atoms with Crippen molar-refractivity contribution >= 4 is 35.9 Å². The quantitative estimate of drug-likeness (QED) is 0.429.